The first-order valence-electron chi connectivity index (χ1n) is 5.45. The molecule has 0 unspecified atom stereocenters. The SMILES string of the molecule is O=C1Nc2ccccc2[C@]12CCCNC2. The predicted molar refractivity (Wildman–Crippen MR) is 58.9 cm³/mol. The van der Waals surface area contributed by atoms with Crippen LogP contribution in [0.2, 0.25) is 0 Å². The third-order valence-electron chi connectivity index (χ3n) is 3.51. The Kier molecular flexibility index (Phi) is 1.83. The molecule has 0 bridgehead atoms. The molecule has 2 aliphatic rings. The Balaban J connectivity index is 2.11. The molecule has 0 aromatic heterocycles. The lowest BCUT2D eigenvalue weighted by molar-refractivity contribution is -0.121. The quantitative estimate of drug-likeness (QED) is 0.665. The van der Waals surface area contributed by atoms with Gasteiger partial charge in [-0.25, -0.2) is 0 Å². The number of anilines is 1. The summed E-state index contributed by atoms with van der Waals surface area (Å²) in [4.78, 5) is 12.1. The van der Waals surface area contributed by atoms with Crippen LogP contribution in [0, 0.1) is 0 Å². The van der Waals surface area contributed by atoms with E-state index in [2.05, 4.69) is 16.7 Å². The number of amides is 1. The Morgan fingerprint density at radius 3 is 2.93 bits per heavy atom. The van der Waals surface area contributed by atoms with E-state index < -0.39 is 0 Å². The Bertz CT molecular complexity index is 408. The molecule has 1 spiro atoms. The van der Waals surface area contributed by atoms with Crippen molar-refractivity contribution in [3.05, 3.63) is 29.8 Å². The van der Waals surface area contributed by atoms with Crippen LogP contribution in [-0.2, 0) is 10.2 Å². The van der Waals surface area contributed by atoms with Crippen molar-refractivity contribution in [1.29, 1.82) is 0 Å². The fourth-order valence-corrected chi connectivity index (χ4v) is 2.70. The van der Waals surface area contributed by atoms with Crippen LogP contribution in [0.5, 0.6) is 0 Å². The van der Waals surface area contributed by atoms with Crippen LogP contribution in [-0.4, -0.2) is 19.0 Å². The van der Waals surface area contributed by atoms with Crippen molar-refractivity contribution in [3.8, 4) is 0 Å². The van der Waals surface area contributed by atoms with Gasteiger partial charge >= 0.3 is 0 Å². The fourth-order valence-electron chi connectivity index (χ4n) is 2.70. The molecule has 0 aliphatic carbocycles. The molecular weight excluding hydrogens is 188 g/mol. The summed E-state index contributed by atoms with van der Waals surface area (Å²) >= 11 is 0. The molecule has 15 heavy (non-hydrogen) atoms. The van der Waals surface area contributed by atoms with Gasteiger partial charge in [0.25, 0.3) is 0 Å². The highest BCUT2D eigenvalue weighted by Crippen LogP contribution is 2.41. The first kappa shape index (κ1) is 8.92. The lowest BCUT2D eigenvalue weighted by Crippen LogP contribution is -2.47. The number of nitrogens with one attached hydrogen (secondary N) is 2. The second kappa shape index (κ2) is 3.07. The predicted octanol–water partition coefficient (Wildman–Crippen LogP) is 1.26. The van der Waals surface area contributed by atoms with Crippen LogP contribution >= 0.6 is 0 Å². The maximum atomic E-state index is 12.1. The van der Waals surface area contributed by atoms with E-state index in [4.69, 9.17) is 0 Å². The molecule has 1 atom stereocenters. The number of carbonyl (C=O) groups excluding carboxylic acids is 1. The van der Waals surface area contributed by atoms with E-state index in [1.165, 1.54) is 5.56 Å². The number of rotatable bonds is 0. The van der Waals surface area contributed by atoms with Gasteiger partial charge in [-0.3, -0.25) is 4.79 Å². The number of carbonyl (C=O) groups is 1. The van der Waals surface area contributed by atoms with Crippen LogP contribution in [0.1, 0.15) is 18.4 Å². The van der Waals surface area contributed by atoms with Gasteiger partial charge in [-0.15, -0.1) is 0 Å². The molecule has 0 radical (unpaired) electrons. The summed E-state index contributed by atoms with van der Waals surface area (Å²) in [6.45, 7) is 1.80. The average Bonchev–Trinajstić information content (AvgIpc) is 2.55. The van der Waals surface area contributed by atoms with Crippen molar-refractivity contribution in [2.45, 2.75) is 18.3 Å². The molecule has 3 nitrogen and oxygen atoms in total. The molecular formula is C12H14N2O. The lowest BCUT2D eigenvalue weighted by atomic mass is 9.76. The highest BCUT2D eigenvalue weighted by atomic mass is 16.2. The number of benzene rings is 1. The summed E-state index contributed by atoms with van der Waals surface area (Å²) in [5.41, 5.74) is 1.86. The number of piperidine rings is 1. The zero-order chi connectivity index (χ0) is 10.3. The van der Waals surface area contributed by atoms with Crippen LogP contribution in [0.15, 0.2) is 24.3 Å². The molecule has 78 valence electrons. The van der Waals surface area contributed by atoms with Crippen molar-refractivity contribution in [1.82, 2.24) is 5.32 Å². The first-order chi connectivity index (χ1) is 7.33. The van der Waals surface area contributed by atoms with Crippen LogP contribution in [0.3, 0.4) is 0 Å². The van der Waals surface area contributed by atoms with Crippen molar-refractivity contribution in [2.75, 3.05) is 18.4 Å². The maximum absolute atomic E-state index is 12.1. The second-order valence-electron chi connectivity index (χ2n) is 4.36. The fraction of sp³-hybridized carbons (Fsp3) is 0.417. The largest absolute Gasteiger partial charge is 0.325 e. The average molecular weight is 202 g/mol. The highest BCUT2D eigenvalue weighted by molar-refractivity contribution is 6.06. The Morgan fingerprint density at radius 1 is 1.27 bits per heavy atom. The van der Waals surface area contributed by atoms with E-state index in [0.717, 1.165) is 31.6 Å². The van der Waals surface area contributed by atoms with E-state index in [0.29, 0.717) is 0 Å². The Morgan fingerprint density at radius 2 is 2.13 bits per heavy atom. The molecule has 1 amide bonds. The van der Waals surface area contributed by atoms with Gasteiger partial charge in [0.1, 0.15) is 0 Å². The van der Waals surface area contributed by atoms with Crippen LogP contribution in [0.4, 0.5) is 5.69 Å². The minimum absolute atomic E-state index is 0.163. The smallest absolute Gasteiger partial charge is 0.236 e. The van der Waals surface area contributed by atoms with Gasteiger partial charge in [0.05, 0.1) is 5.41 Å². The maximum Gasteiger partial charge on any atom is 0.236 e. The van der Waals surface area contributed by atoms with Crippen LogP contribution < -0.4 is 10.6 Å². The van der Waals surface area contributed by atoms with Crippen molar-refractivity contribution >= 4 is 11.6 Å². The van der Waals surface area contributed by atoms with E-state index >= 15 is 0 Å². The molecule has 0 saturated carbocycles. The van der Waals surface area contributed by atoms with E-state index in [-0.39, 0.29) is 11.3 Å². The molecule has 1 aromatic rings. The molecule has 1 aromatic carbocycles. The third-order valence-corrected chi connectivity index (χ3v) is 3.51. The van der Waals surface area contributed by atoms with Gasteiger partial charge in [0.15, 0.2) is 0 Å². The summed E-state index contributed by atoms with van der Waals surface area (Å²) in [6.07, 6.45) is 2.03. The summed E-state index contributed by atoms with van der Waals surface area (Å²) in [5, 5.41) is 6.31. The summed E-state index contributed by atoms with van der Waals surface area (Å²) in [6, 6.07) is 8.03. The van der Waals surface area contributed by atoms with Gasteiger partial charge in [0.2, 0.25) is 5.91 Å². The number of para-hydroxylation sites is 1. The molecule has 2 aliphatic heterocycles. The van der Waals surface area contributed by atoms with Crippen molar-refractivity contribution in [3.63, 3.8) is 0 Å². The summed E-state index contributed by atoms with van der Waals surface area (Å²) in [7, 11) is 0. The molecule has 2 N–H and O–H groups in total. The molecule has 1 saturated heterocycles. The third kappa shape index (κ3) is 1.13. The zero-order valence-electron chi connectivity index (χ0n) is 8.55. The van der Waals surface area contributed by atoms with Crippen molar-refractivity contribution < 1.29 is 4.79 Å². The monoisotopic (exact) mass is 202 g/mol. The standard InChI is InChI=1S/C12H14N2O/c15-11-12(6-3-7-13-8-12)9-4-1-2-5-10(9)14-11/h1-2,4-5,13H,3,6-8H2,(H,14,15)/t12-/m1/s1. The van der Waals surface area contributed by atoms with Gasteiger partial charge < -0.3 is 10.6 Å². The molecule has 3 rings (SSSR count). The van der Waals surface area contributed by atoms with Gasteiger partial charge in [0, 0.05) is 12.2 Å². The Labute approximate surface area is 88.9 Å². The molecule has 2 heterocycles. The lowest BCUT2D eigenvalue weighted by Gasteiger charge is -2.31. The molecule has 3 heteroatoms. The number of hydrogen-bond acceptors (Lipinski definition) is 2. The van der Waals surface area contributed by atoms with E-state index in [9.17, 15) is 4.79 Å². The molecule has 1 fully saturated rings. The highest BCUT2D eigenvalue weighted by Gasteiger charge is 2.46. The first-order valence-corrected chi connectivity index (χ1v) is 5.45. The van der Waals surface area contributed by atoms with Gasteiger partial charge in [-0.2, -0.15) is 0 Å². The number of hydrogen-bond donors (Lipinski definition) is 2. The van der Waals surface area contributed by atoms with Crippen molar-refractivity contribution in [2.24, 2.45) is 0 Å². The van der Waals surface area contributed by atoms with E-state index in [1.807, 2.05) is 18.2 Å². The normalized spacial score (nSPS) is 28.9. The minimum atomic E-state index is -0.297. The Hall–Kier alpha value is -1.35. The zero-order valence-corrected chi connectivity index (χ0v) is 8.55. The van der Waals surface area contributed by atoms with Crippen LogP contribution in [0.25, 0.3) is 0 Å². The second-order valence-corrected chi connectivity index (χ2v) is 4.36. The van der Waals surface area contributed by atoms with E-state index in [1.54, 1.807) is 0 Å². The number of fused-ring (bicyclic) bond motifs is 2. The summed E-state index contributed by atoms with van der Waals surface area (Å²) < 4.78 is 0. The minimum Gasteiger partial charge on any atom is -0.325 e. The summed E-state index contributed by atoms with van der Waals surface area (Å²) in [5.74, 6) is 0.163. The van der Waals surface area contributed by atoms with Gasteiger partial charge in [-0.05, 0) is 31.0 Å². The van der Waals surface area contributed by atoms with Gasteiger partial charge in [-0.1, -0.05) is 18.2 Å². The topological polar surface area (TPSA) is 41.1 Å².